The molecular formula is C12H20N2O3S. The second kappa shape index (κ2) is 6.15. The van der Waals surface area contributed by atoms with E-state index < -0.39 is 5.54 Å². The molecule has 1 aromatic rings. The Kier molecular flexibility index (Phi) is 5.10. The second-order valence-corrected chi connectivity index (χ2v) is 5.81. The molecule has 1 aromatic heterocycles. The Hall–Kier alpha value is -1.14. The van der Waals surface area contributed by atoms with Gasteiger partial charge in [-0.2, -0.15) is 0 Å². The number of thiazole rings is 1. The Morgan fingerprint density at radius 3 is 2.72 bits per heavy atom. The molecule has 1 heterocycles. The van der Waals surface area contributed by atoms with Crippen molar-refractivity contribution in [3.63, 3.8) is 0 Å². The maximum atomic E-state index is 11.6. The van der Waals surface area contributed by atoms with Crippen LogP contribution < -0.4 is 10.2 Å². The molecule has 0 spiro atoms. The van der Waals surface area contributed by atoms with Crippen LogP contribution in [0.3, 0.4) is 0 Å². The van der Waals surface area contributed by atoms with E-state index in [4.69, 9.17) is 5.11 Å². The van der Waals surface area contributed by atoms with Crippen molar-refractivity contribution >= 4 is 17.2 Å². The molecule has 1 rings (SSSR count). The number of nitrogens with one attached hydrogen (secondary N) is 1. The Labute approximate surface area is 110 Å². The summed E-state index contributed by atoms with van der Waals surface area (Å²) in [6, 6.07) is 0. The van der Waals surface area contributed by atoms with Gasteiger partial charge in [-0.1, -0.05) is 11.3 Å². The first-order valence-electron chi connectivity index (χ1n) is 5.92. The lowest BCUT2D eigenvalue weighted by atomic mass is 10.1. The topological polar surface area (TPSA) is 71.3 Å². The van der Waals surface area contributed by atoms with Crippen LogP contribution in [-0.2, 0) is 11.3 Å². The molecule has 0 fully saturated rings. The lowest BCUT2D eigenvalue weighted by Crippen LogP contribution is -2.46. The lowest BCUT2D eigenvalue weighted by molar-refractivity contribution is -0.123. The number of amides is 1. The molecule has 0 saturated carbocycles. The molecule has 0 atom stereocenters. The molecule has 2 N–H and O–H groups in total. The number of aliphatic hydroxyl groups excluding tert-OH is 1. The van der Waals surface area contributed by atoms with Crippen LogP contribution in [0.5, 0.6) is 0 Å². The summed E-state index contributed by atoms with van der Waals surface area (Å²) in [6.07, 6.45) is 0.968. The highest BCUT2D eigenvalue weighted by Gasteiger charge is 2.18. The number of rotatable bonds is 6. The number of carbonyl (C=O) groups excluding carboxylic acids is 1. The van der Waals surface area contributed by atoms with Gasteiger partial charge in [0.05, 0.1) is 12.1 Å². The van der Waals surface area contributed by atoms with Gasteiger partial charge in [0.25, 0.3) is 0 Å². The van der Waals surface area contributed by atoms with Crippen LogP contribution >= 0.6 is 11.3 Å². The van der Waals surface area contributed by atoms with E-state index in [1.54, 1.807) is 18.4 Å². The fourth-order valence-corrected chi connectivity index (χ4v) is 2.31. The van der Waals surface area contributed by atoms with Crippen LogP contribution in [0.25, 0.3) is 0 Å². The van der Waals surface area contributed by atoms with Gasteiger partial charge in [0.2, 0.25) is 5.91 Å². The zero-order valence-corrected chi connectivity index (χ0v) is 11.8. The van der Waals surface area contributed by atoms with Gasteiger partial charge in [-0.25, -0.2) is 0 Å². The summed E-state index contributed by atoms with van der Waals surface area (Å²) in [7, 11) is 0. The van der Waals surface area contributed by atoms with Gasteiger partial charge in [-0.05, 0) is 27.2 Å². The van der Waals surface area contributed by atoms with Crippen molar-refractivity contribution < 1.29 is 9.90 Å². The zero-order valence-electron chi connectivity index (χ0n) is 11.0. The Morgan fingerprint density at radius 2 is 2.22 bits per heavy atom. The van der Waals surface area contributed by atoms with Gasteiger partial charge in [0.1, 0.15) is 0 Å². The number of hydrogen-bond donors (Lipinski definition) is 2. The fourth-order valence-electron chi connectivity index (χ4n) is 1.55. The van der Waals surface area contributed by atoms with Gasteiger partial charge in [0, 0.05) is 24.0 Å². The lowest BCUT2D eigenvalue weighted by Gasteiger charge is -2.23. The molecule has 0 aliphatic carbocycles. The van der Waals surface area contributed by atoms with Crippen molar-refractivity contribution in [1.82, 2.24) is 9.88 Å². The fraction of sp³-hybridized carbons (Fsp3) is 0.667. The predicted octanol–water partition coefficient (Wildman–Crippen LogP) is 0.886. The number of carbonyl (C=O) groups is 1. The maximum Gasteiger partial charge on any atom is 0.307 e. The van der Waals surface area contributed by atoms with Gasteiger partial charge >= 0.3 is 4.87 Å². The van der Waals surface area contributed by atoms with Crippen molar-refractivity contribution in [2.45, 2.75) is 45.7 Å². The van der Waals surface area contributed by atoms with E-state index in [0.717, 1.165) is 5.69 Å². The Morgan fingerprint density at radius 1 is 1.56 bits per heavy atom. The monoisotopic (exact) mass is 272 g/mol. The molecule has 0 bridgehead atoms. The van der Waals surface area contributed by atoms with E-state index in [0.29, 0.717) is 19.4 Å². The van der Waals surface area contributed by atoms with Crippen LogP contribution in [0.2, 0.25) is 0 Å². The van der Waals surface area contributed by atoms with E-state index in [-0.39, 0.29) is 17.4 Å². The Balaban J connectivity index is 2.39. The van der Waals surface area contributed by atoms with E-state index in [2.05, 4.69) is 5.32 Å². The molecule has 0 radical (unpaired) electrons. The largest absolute Gasteiger partial charge is 0.394 e. The van der Waals surface area contributed by atoms with Gasteiger partial charge < -0.3 is 15.0 Å². The average molecular weight is 272 g/mol. The highest BCUT2D eigenvalue weighted by Crippen LogP contribution is 2.04. The maximum absolute atomic E-state index is 11.6. The highest BCUT2D eigenvalue weighted by atomic mass is 32.1. The van der Waals surface area contributed by atoms with E-state index >= 15 is 0 Å². The molecule has 0 aliphatic rings. The van der Waals surface area contributed by atoms with Gasteiger partial charge in [-0.15, -0.1) is 0 Å². The van der Waals surface area contributed by atoms with Crippen molar-refractivity contribution in [3.05, 3.63) is 20.7 Å². The Bertz CT molecular complexity index is 462. The minimum absolute atomic E-state index is 0.0172. The summed E-state index contributed by atoms with van der Waals surface area (Å²) in [5, 5.41) is 13.6. The molecule has 6 heteroatoms. The van der Waals surface area contributed by atoms with E-state index in [9.17, 15) is 9.59 Å². The van der Waals surface area contributed by atoms with Gasteiger partial charge in [-0.3, -0.25) is 9.59 Å². The molecule has 18 heavy (non-hydrogen) atoms. The highest BCUT2D eigenvalue weighted by molar-refractivity contribution is 7.07. The summed E-state index contributed by atoms with van der Waals surface area (Å²) in [5.41, 5.74) is 0.341. The predicted molar refractivity (Wildman–Crippen MR) is 71.9 cm³/mol. The molecular weight excluding hydrogens is 252 g/mol. The summed E-state index contributed by atoms with van der Waals surface area (Å²) < 4.78 is 1.68. The van der Waals surface area contributed by atoms with Crippen molar-refractivity contribution in [3.8, 4) is 0 Å². The van der Waals surface area contributed by atoms with Crippen LogP contribution in [0.4, 0.5) is 0 Å². The SMILES string of the molecule is Cc1csc(=O)n1CCCC(=O)NC(C)(C)CO. The molecule has 1 amide bonds. The van der Waals surface area contributed by atoms with E-state index in [1.165, 1.54) is 11.3 Å². The molecule has 5 nitrogen and oxygen atoms in total. The van der Waals surface area contributed by atoms with Crippen molar-refractivity contribution in [1.29, 1.82) is 0 Å². The molecule has 0 unspecified atom stereocenters. The minimum Gasteiger partial charge on any atom is -0.394 e. The molecule has 0 saturated heterocycles. The second-order valence-electron chi connectivity index (χ2n) is 4.99. The smallest absolute Gasteiger partial charge is 0.307 e. The van der Waals surface area contributed by atoms with Crippen LogP contribution in [0.15, 0.2) is 10.2 Å². The third kappa shape index (κ3) is 4.27. The summed E-state index contributed by atoms with van der Waals surface area (Å²) in [5.74, 6) is -0.102. The average Bonchev–Trinajstić information content (AvgIpc) is 2.60. The molecule has 0 aromatic carbocycles. The minimum atomic E-state index is -0.591. The van der Waals surface area contributed by atoms with E-state index in [1.807, 2.05) is 12.3 Å². The summed E-state index contributed by atoms with van der Waals surface area (Å²) in [4.78, 5) is 23.1. The zero-order chi connectivity index (χ0) is 13.8. The number of aliphatic hydroxyl groups is 1. The summed E-state index contributed by atoms with van der Waals surface area (Å²) in [6.45, 7) is 5.87. The normalized spacial score (nSPS) is 11.6. The summed E-state index contributed by atoms with van der Waals surface area (Å²) >= 11 is 1.18. The molecule has 0 aliphatic heterocycles. The molecule has 102 valence electrons. The third-order valence-electron chi connectivity index (χ3n) is 2.64. The van der Waals surface area contributed by atoms with Crippen LogP contribution in [0, 0.1) is 6.92 Å². The first-order valence-corrected chi connectivity index (χ1v) is 6.80. The number of hydrogen-bond acceptors (Lipinski definition) is 4. The standard InChI is InChI=1S/C12H20N2O3S/c1-9-7-18-11(17)14(9)6-4-5-10(16)13-12(2,3)8-15/h7,15H,4-6,8H2,1-3H3,(H,13,16). The van der Waals surface area contributed by atoms with Crippen molar-refractivity contribution in [2.24, 2.45) is 0 Å². The van der Waals surface area contributed by atoms with Gasteiger partial charge in [0.15, 0.2) is 0 Å². The first kappa shape index (κ1) is 14.9. The number of nitrogens with zero attached hydrogens (tertiary/aromatic N) is 1. The van der Waals surface area contributed by atoms with Crippen LogP contribution in [-0.4, -0.2) is 27.7 Å². The number of aryl methyl sites for hydroxylation is 1. The third-order valence-corrected chi connectivity index (χ3v) is 3.52. The quantitative estimate of drug-likeness (QED) is 0.807. The first-order chi connectivity index (χ1) is 8.35. The van der Waals surface area contributed by atoms with Crippen LogP contribution in [0.1, 0.15) is 32.4 Å². The number of aromatic nitrogens is 1. The van der Waals surface area contributed by atoms with Crippen molar-refractivity contribution in [2.75, 3.05) is 6.61 Å².